The zero-order valence-corrected chi connectivity index (χ0v) is 17.9. The summed E-state index contributed by atoms with van der Waals surface area (Å²) in [6.07, 6.45) is 2.18. The van der Waals surface area contributed by atoms with Crippen molar-refractivity contribution in [2.24, 2.45) is 0 Å². The Hall–Kier alpha value is -4.20. The summed E-state index contributed by atoms with van der Waals surface area (Å²) < 4.78 is 25.4. The third-order valence-corrected chi connectivity index (χ3v) is 4.89. The summed E-state index contributed by atoms with van der Waals surface area (Å²) in [6, 6.07) is 18.9. The van der Waals surface area contributed by atoms with E-state index in [0.717, 1.165) is 5.76 Å². The highest BCUT2D eigenvalue weighted by molar-refractivity contribution is 5.94. The fraction of sp³-hybridized carbons (Fsp3) is 0.160. The summed E-state index contributed by atoms with van der Waals surface area (Å²) in [5.41, 5.74) is 1.23. The molecule has 4 aromatic rings. The Morgan fingerprint density at radius 3 is 2.67 bits per heavy atom. The van der Waals surface area contributed by atoms with Crippen molar-refractivity contribution in [2.75, 3.05) is 0 Å². The normalized spacial score (nSPS) is 11.7. The van der Waals surface area contributed by atoms with Gasteiger partial charge in [-0.1, -0.05) is 12.1 Å². The van der Waals surface area contributed by atoms with Gasteiger partial charge in [-0.15, -0.1) is 5.10 Å². The first-order chi connectivity index (χ1) is 16.0. The molecule has 2 heterocycles. The van der Waals surface area contributed by atoms with Crippen molar-refractivity contribution in [3.8, 4) is 11.6 Å². The van der Waals surface area contributed by atoms with Crippen LogP contribution in [0.1, 0.15) is 28.6 Å². The van der Waals surface area contributed by atoms with Gasteiger partial charge in [-0.3, -0.25) is 9.59 Å². The average Bonchev–Trinajstić information content (AvgIpc) is 3.31. The summed E-state index contributed by atoms with van der Waals surface area (Å²) in [6.45, 7) is 2.01. The molecule has 8 heteroatoms. The minimum atomic E-state index is -0.353. The lowest BCUT2D eigenvalue weighted by molar-refractivity contribution is 0.0939. The molecule has 0 spiro atoms. The number of furan rings is 1. The first-order valence-electron chi connectivity index (χ1n) is 10.4. The minimum Gasteiger partial charge on any atom is -0.472 e. The number of rotatable bonds is 8. The summed E-state index contributed by atoms with van der Waals surface area (Å²) in [5.74, 6) is 0.428. The molecule has 0 aliphatic rings. The molecule has 0 aliphatic heterocycles. The van der Waals surface area contributed by atoms with Crippen LogP contribution in [0.4, 0.5) is 4.39 Å². The van der Waals surface area contributed by atoms with Gasteiger partial charge in [-0.25, -0.2) is 4.39 Å². The zero-order valence-electron chi connectivity index (χ0n) is 17.9. The van der Waals surface area contributed by atoms with Gasteiger partial charge in [-0.05, 0) is 61.0 Å². The standard InChI is InChI=1S/C25H22FN3O4/c1-17(14-22-6-3-13-32-22)27-25(31)19-7-9-21(10-8-19)29-24(30)12-11-23(28-29)33-16-18-4-2-5-20(26)15-18/h2-13,15,17H,14,16H2,1H3,(H,27,31). The molecule has 0 saturated carbocycles. The van der Waals surface area contributed by atoms with Gasteiger partial charge in [-0.2, -0.15) is 4.68 Å². The Morgan fingerprint density at radius 2 is 1.94 bits per heavy atom. The molecule has 1 N–H and O–H groups in total. The van der Waals surface area contributed by atoms with E-state index in [0.29, 0.717) is 23.2 Å². The van der Waals surface area contributed by atoms with E-state index < -0.39 is 0 Å². The van der Waals surface area contributed by atoms with Crippen LogP contribution in [0.15, 0.2) is 88.3 Å². The molecule has 1 unspecified atom stereocenters. The second kappa shape index (κ2) is 9.95. The van der Waals surface area contributed by atoms with Crippen LogP contribution < -0.4 is 15.6 Å². The molecular weight excluding hydrogens is 425 g/mol. The van der Waals surface area contributed by atoms with Crippen LogP contribution in [0, 0.1) is 5.82 Å². The summed E-state index contributed by atoms with van der Waals surface area (Å²) >= 11 is 0. The topological polar surface area (TPSA) is 86.4 Å². The number of carbonyl (C=O) groups is 1. The number of benzene rings is 2. The van der Waals surface area contributed by atoms with Crippen LogP contribution >= 0.6 is 0 Å². The smallest absolute Gasteiger partial charge is 0.271 e. The Labute approximate surface area is 189 Å². The number of amides is 1. The van der Waals surface area contributed by atoms with Crippen LogP contribution in [0.25, 0.3) is 5.69 Å². The maximum Gasteiger partial charge on any atom is 0.271 e. The van der Waals surface area contributed by atoms with E-state index in [2.05, 4.69) is 10.4 Å². The van der Waals surface area contributed by atoms with Gasteiger partial charge >= 0.3 is 0 Å². The highest BCUT2D eigenvalue weighted by atomic mass is 19.1. The Kier molecular flexibility index (Phi) is 6.64. The van der Waals surface area contributed by atoms with Crippen LogP contribution in [0.3, 0.4) is 0 Å². The number of hydrogen-bond acceptors (Lipinski definition) is 5. The summed E-state index contributed by atoms with van der Waals surface area (Å²) in [7, 11) is 0. The maximum atomic E-state index is 13.3. The van der Waals surface area contributed by atoms with Gasteiger partial charge in [0.1, 0.15) is 18.2 Å². The van der Waals surface area contributed by atoms with Crippen LogP contribution in [-0.4, -0.2) is 21.7 Å². The van der Waals surface area contributed by atoms with E-state index in [1.165, 1.54) is 28.9 Å². The Bertz CT molecular complexity index is 1280. The van der Waals surface area contributed by atoms with Crippen LogP contribution in [-0.2, 0) is 13.0 Å². The number of hydrogen-bond donors (Lipinski definition) is 1. The SMILES string of the molecule is CC(Cc1ccco1)NC(=O)c1ccc(-n2nc(OCc3cccc(F)c3)ccc2=O)cc1. The van der Waals surface area contributed by atoms with Gasteiger partial charge in [0.25, 0.3) is 11.5 Å². The van der Waals surface area contributed by atoms with Gasteiger partial charge in [0.2, 0.25) is 5.88 Å². The molecule has 33 heavy (non-hydrogen) atoms. The van der Waals surface area contributed by atoms with Crippen molar-refractivity contribution >= 4 is 5.91 Å². The van der Waals surface area contributed by atoms with Crippen molar-refractivity contribution in [3.63, 3.8) is 0 Å². The third-order valence-electron chi connectivity index (χ3n) is 4.89. The fourth-order valence-electron chi connectivity index (χ4n) is 3.28. The number of halogens is 1. The van der Waals surface area contributed by atoms with Gasteiger partial charge in [0.15, 0.2) is 0 Å². The Morgan fingerprint density at radius 1 is 1.12 bits per heavy atom. The second-order valence-corrected chi connectivity index (χ2v) is 7.55. The molecule has 7 nitrogen and oxygen atoms in total. The van der Waals surface area contributed by atoms with Crippen molar-refractivity contribution in [1.82, 2.24) is 15.1 Å². The van der Waals surface area contributed by atoms with Gasteiger partial charge in [0.05, 0.1) is 12.0 Å². The van der Waals surface area contributed by atoms with Gasteiger partial charge < -0.3 is 14.5 Å². The molecule has 0 radical (unpaired) electrons. The van der Waals surface area contributed by atoms with Gasteiger partial charge in [0, 0.05) is 30.2 Å². The molecule has 0 aliphatic carbocycles. The maximum absolute atomic E-state index is 13.3. The van der Waals surface area contributed by atoms with E-state index in [4.69, 9.17) is 9.15 Å². The van der Waals surface area contributed by atoms with Crippen molar-refractivity contribution < 1.29 is 18.3 Å². The van der Waals surface area contributed by atoms with E-state index in [1.807, 2.05) is 13.0 Å². The molecule has 0 bridgehead atoms. The molecule has 1 atom stereocenters. The molecule has 1 amide bonds. The summed E-state index contributed by atoms with van der Waals surface area (Å²) in [5, 5.41) is 7.14. The first-order valence-corrected chi connectivity index (χ1v) is 10.4. The quantitative estimate of drug-likeness (QED) is 0.443. The average molecular weight is 447 g/mol. The predicted molar refractivity (Wildman–Crippen MR) is 120 cm³/mol. The third kappa shape index (κ3) is 5.74. The van der Waals surface area contributed by atoms with Crippen molar-refractivity contribution in [3.05, 3.63) is 112 Å². The monoisotopic (exact) mass is 447 g/mol. The lowest BCUT2D eigenvalue weighted by Crippen LogP contribution is -2.34. The van der Waals surface area contributed by atoms with Crippen LogP contribution in [0.2, 0.25) is 0 Å². The highest BCUT2D eigenvalue weighted by Gasteiger charge is 2.12. The zero-order chi connectivity index (χ0) is 23.2. The number of carbonyl (C=O) groups excluding carboxylic acids is 1. The van der Waals surface area contributed by atoms with Crippen molar-refractivity contribution in [1.29, 1.82) is 0 Å². The molecular formula is C25H22FN3O4. The van der Waals surface area contributed by atoms with E-state index >= 15 is 0 Å². The predicted octanol–water partition coefficient (Wildman–Crippen LogP) is 3.90. The minimum absolute atomic E-state index is 0.109. The lowest BCUT2D eigenvalue weighted by atomic mass is 10.1. The first kappa shape index (κ1) is 22.0. The number of nitrogens with zero attached hydrogens (tertiary/aromatic N) is 2. The molecule has 0 saturated heterocycles. The Balaban J connectivity index is 1.42. The van der Waals surface area contributed by atoms with Crippen LogP contribution in [0.5, 0.6) is 5.88 Å². The van der Waals surface area contributed by atoms with E-state index in [9.17, 15) is 14.0 Å². The van der Waals surface area contributed by atoms with E-state index in [-0.39, 0.29) is 35.8 Å². The number of nitrogens with one attached hydrogen (secondary N) is 1. The molecule has 2 aromatic heterocycles. The lowest BCUT2D eigenvalue weighted by Gasteiger charge is -2.13. The molecule has 0 fully saturated rings. The highest BCUT2D eigenvalue weighted by Crippen LogP contribution is 2.12. The number of ether oxygens (including phenoxy) is 1. The molecule has 168 valence electrons. The second-order valence-electron chi connectivity index (χ2n) is 7.55. The summed E-state index contributed by atoms with van der Waals surface area (Å²) in [4.78, 5) is 24.8. The van der Waals surface area contributed by atoms with E-state index in [1.54, 1.807) is 48.7 Å². The molecule has 4 rings (SSSR count). The largest absolute Gasteiger partial charge is 0.472 e. The van der Waals surface area contributed by atoms with Crippen molar-refractivity contribution in [2.45, 2.75) is 26.0 Å². The number of aromatic nitrogens is 2. The molecule has 2 aromatic carbocycles. The fourth-order valence-corrected chi connectivity index (χ4v) is 3.28.